The molecule has 0 aliphatic rings. The van der Waals surface area contributed by atoms with Crippen molar-refractivity contribution in [3.05, 3.63) is 88.9 Å². The highest BCUT2D eigenvalue weighted by molar-refractivity contribution is 6.31. The Balaban J connectivity index is 1.47. The summed E-state index contributed by atoms with van der Waals surface area (Å²) in [6.45, 7) is 2.62. The number of halogens is 1. The molecule has 0 atom stereocenters. The Bertz CT molecular complexity index is 896. The third kappa shape index (κ3) is 5.76. The topological polar surface area (TPSA) is 50.4 Å². The number of anilines is 2. The van der Waals surface area contributed by atoms with Gasteiger partial charge in [-0.05, 0) is 54.4 Å². The van der Waals surface area contributed by atoms with Gasteiger partial charge in [-0.25, -0.2) is 0 Å². The number of benzene rings is 3. The molecule has 0 fully saturated rings. The Morgan fingerprint density at radius 1 is 0.963 bits per heavy atom. The number of carbonyl (C=O) groups is 1. The van der Waals surface area contributed by atoms with Crippen LogP contribution in [0.1, 0.15) is 11.1 Å². The van der Waals surface area contributed by atoms with E-state index in [1.165, 1.54) is 0 Å². The maximum Gasteiger partial charge on any atom is 0.262 e. The zero-order chi connectivity index (χ0) is 19.1. The zero-order valence-corrected chi connectivity index (χ0v) is 15.8. The molecular weight excluding hydrogens is 360 g/mol. The van der Waals surface area contributed by atoms with Crippen LogP contribution in [-0.2, 0) is 11.3 Å². The van der Waals surface area contributed by atoms with Crippen LogP contribution in [0.15, 0.2) is 72.8 Å². The minimum absolute atomic E-state index is 0.0334. The summed E-state index contributed by atoms with van der Waals surface area (Å²) in [5.74, 6) is 0.462. The van der Waals surface area contributed by atoms with Gasteiger partial charge in [0.2, 0.25) is 0 Å². The summed E-state index contributed by atoms with van der Waals surface area (Å²) in [7, 11) is 0. The summed E-state index contributed by atoms with van der Waals surface area (Å²) >= 11 is 6.14. The van der Waals surface area contributed by atoms with Crippen LogP contribution >= 0.6 is 11.6 Å². The number of carbonyl (C=O) groups excluding carboxylic acids is 1. The quantitative estimate of drug-likeness (QED) is 0.586. The first kappa shape index (κ1) is 18.8. The first-order valence-electron chi connectivity index (χ1n) is 8.67. The van der Waals surface area contributed by atoms with Gasteiger partial charge < -0.3 is 15.4 Å². The molecule has 1 amide bonds. The molecule has 0 radical (unpaired) electrons. The number of aryl methyl sites for hydroxylation is 1. The molecule has 0 aromatic heterocycles. The van der Waals surface area contributed by atoms with E-state index in [2.05, 4.69) is 10.6 Å². The maximum atomic E-state index is 11.9. The molecule has 3 rings (SSSR count). The van der Waals surface area contributed by atoms with Gasteiger partial charge in [0.25, 0.3) is 5.91 Å². The highest BCUT2D eigenvalue weighted by atomic mass is 35.5. The molecule has 5 heteroatoms. The summed E-state index contributed by atoms with van der Waals surface area (Å²) < 4.78 is 5.54. The van der Waals surface area contributed by atoms with Crippen LogP contribution in [0.5, 0.6) is 5.75 Å². The number of para-hydroxylation sites is 1. The predicted octanol–water partition coefficient (Wildman–Crippen LogP) is 5.28. The Kier molecular flexibility index (Phi) is 6.34. The van der Waals surface area contributed by atoms with E-state index >= 15 is 0 Å². The fourth-order valence-corrected chi connectivity index (χ4v) is 2.66. The van der Waals surface area contributed by atoms with Crippen molar-refractivity contribution in [3.8, 4) is 5.75 Å². The maximum absolute atomic E-state index is 11.9. The molecular formula is C22H21ClN2O2. The van der Waals surface area contributed by atoms with Crippen molar-refractivity contribution >= 4 is 28.9 Å². The first-order chi connectivity index (χ1) is 13.1. The third-order valence-corrected chi connectivity index (χ3v) is 4.43. The van der Waals surface area contributed by atoms with Crippen molar-refractivity contribution in [1.29, 1.82) is 0 Å². The number of nitrogens with one attached hydrogen (secondary N) is 2. The third-order valence-electron chi connectivity index (χ3n) is 4.02. The summed E-state index contributed by atoms with van der Waals surface area (Å²) in [5, 5.41) is 6.87. The van der Waals surface area contributed by atoms with Gasteiger partial charge in [0.1, 0.15) is 5.75 Å². The molecule has 0 saturated heterocycles. The Hall–Kier alpha value is -2.98. The normalized spacial score (nSPS) is 10.3. The second-order valence-corrected chi connectivity index (χ2v) is 6.57. The summed E-state index contributed by atoms with van der Waals surface area (Å²) in [6.07, 6.45) is 0. The highest BCUT2D eigenvalue weighted by Gasteiger charge is 2.04. The smallest absolute Gasteiger partial charge is 0.262 e. The minimum atomic E-state index is -0.191. The molecule has 0 heterocycles. The van der Waals surface area contributed by atoms with Gasteiger partial charge >= 0.3 is 0 Å². The molecule has 0 aliphatic carbocycles. The Morgan fingerprint density at radius 3 is 2.41 bits per heavy atom. The molecule has 27 heavy (non-hydrogen) atoms. The van der Waals surface area contributed by atoms with Gasteiger partial charge in [-0.3, -0.25) is 4.79 Å². The van der Waals surface area contributed by atoms with E-state index in [1.54, 1.807) is 0 Å². The predicted molar refractivity (Wildman–Crippen MR) is 111 cm³/mol. The molecule has 3 aromatic rings. The Morgan fingerprint density at radius 2 is 1.70 bits per heavy atom. The molecule has 0 saturated carbocycles. The van der Waals surface area contributed by atoms with E-state index in [0.29, 0.717) is 12.3 Å². The number of amides is 1. The molecule has 138 valence electrons. The van der Waals surface area contributed by atoms with Crippen molar-refractivity contribution in [2.24, 2.45) is 0 Å². The number of hydrogen-bond donors (Lipinski definition) is 2. The van der Waals surface area contributed by atoms with Gasteiger partial charge in [0.05, 0.1) is 0 Å². The second-order valence-electron chi connectivity index (χ2n) is 6.16. The van der Waals surface area contributed by atoms with E-state index in [0.717, 1.165) is 27.5 Å². The fraction of sp³-hybridized carbons (Fsp3) is 0.136. The van der Waals surface area contributed by atoms with Crippen LogP contribution in [-0.4, -0.2) is 12.5 Å². The SMILES string of the molecule is Cc1ccc(NCc2ccc(OCC(=O)Nc3ccccc3)cc2)cc1Cl. The van der Waals surface area contributed by atoms with Gasteiger partial charge in [-0.15, -0.1) is 0 Å². The second kappa shape index (κ2) is 9.10. The molecule has 2 N–H and O–H groups in total. The van der Waals surface area contributed by atoms with Crippen LogP contribution in [0.3, 0.4) is 0 Å². The molecule has 0 unspecified atom stereocenters. The van der Waals surface area contributed by atoms with Crippen LogP contribution < -0.4 is 15.4 Å². The molecule has 0 spiro atoms. The van der Waals surface area contributed by atoms with E-state index in [-0.39, 0.29) is 12.5 Å². The standard InChI is InChI=1S/C22H21ClN2O2/c1-16-7-10-19(13-21(16)23)24-14-17-8-11-20(12-9-17)27-15-22(26)25-18-5-3-2-4-6-18/h2-13,24H,14-15H2,1H3,(H,25,26). The lowest BCUT2D eigenvalue weighted by atomic mass is 10.2. The van der Waals surface area contributed by atoms with E-state index in [4.69, 9.17) is 16.3 Å². The fourth-order valence-electron chi connectivity index (χ4n) is 2.48. The number of rotatable bonds is 7. The van der Waals surface area contributed by atoms with E-state index < -0.39 is 0 Å². The molecule has 3 aromatic carbocycles. The Labute approximate surface area is 164 Å². The van der Waals surface area contributed by atoms with Gasteiger partial charge in [-0.2, -0.15) is 0 Å². The highest BCUT2D eigenvalue weighted by Crippen LogP contribution is 2.21. The lowest BCUT2D eigenvalue weighted by Crippen LogP contribution is -2.20. The van der Waals surface area contributed by atoms with Crippen molar-refractivity contribution in [2.75, 3.05) is 17.2 Å². The van der Waals surface area contributed by atoms with Crippen LogP contribution in [0.4, 0.5) is 11.4 Å². The zero-order valence-electron chi connectivity index (χ0n) is 15.0. The van der Waals surface area contributed by atoms with Gasteiger partial charge in [0.15, 0.2) is 6.61 Å². The van der Waals surface area contributed by atoms with Crippen LogP contribution in [0.2, 0.25) is 5.02 Å². The lowest BCUT2D eigenvalue weighted by Gasteiger charge is -2.10. The van der Waals surface area contributed by atoms with Crippen molar-refractivity contribution in [1.82, 2.24) is 0 Å². The summed E-state index contributed by atoms with van der Waals surface area (Å²) in [6, 6.07) is 22.9. The average Bonchev–Trinajstić information content (AvgIpc) is 2.69. The van der Waals surface area contributed by atoms with Gasteiger partial charge in [0, 0.05) is 22.9 Å². The molecule has 4 nitrogen and oxygen atoms in total. The van der Waals surface area contributed by atoms with Gasteiger partial charge in [-0.1, -0.05) is 48.0 Å². The van der Waals surface area contributed by atoms with Crippen molar-refractivity contribution < 1.29 is 9.53 Å². The van der Waals surface area contributed by atoms with Crippen LogP contribution in [0.25, 0.3) is 0 Å². The van der Waals surface area contributed by atoms with E-state index in [1.807, 2.05) is 79.7 Å². The largest absolute Gasteiger partial charge is 0.484 e. The molecule has 0 bridgehead atoms. The van der Waals surface area contributed by atoms with Crippen molar-refractivity contribution in [3.63, 3.8) is 0 Å². The average molecular weight is 381 g/mol. The van der Waals surface area contributed by atoms with Crippen molar-refractivity contribution in [2.45, 2.75) is 13.5 Å². The van der Waals surface area contributed by atoms with E-state index in [9.17, 15) is 4.79 Å². The summed E-state index contributed by atoms with van der Waals surface area (Å²) in [4.78, 5) is 11.9. The first-order valence-corrected chi connectivity index (χ1v) is 9.04. The lowest BCUT2D eigenvalue weighted by molar-refractivity contribution is -0.118. The number of hydrogen-bond acceptors (Lipinski definition) is 3. The summed E-state index contributed by atoms with van der Waals surface area (Å²) in [5.41, 5.74) is 3.89. The minimum Gasteiger partial charge on any atom is -0.484 e. The molecule has 0 aliphatic heterocycles. The number of ether oxygens (including phenoxy) is 1. The van der Waals surface area contributed by atoms with Crippen LogP contribution in [0, 0.1) is 6.92 Å². The monoisotopic (exact) mass is 380 g/mol.